The SMILES string of the molecule is CCOc1ccc(NC(=O)c2c(C)nc3ccc(C)cn23)cc1OCC. The molecule has 0 aliphatic heterocycles. The molecule has 0 aliphatic carbocycles. The van der Waals surface area contributed by atoms with Gasteiger partial charge in [-0.15, -0.1) is 0 Å². The maximum Gasteiger partial charge on any atom is 0.274 e. The van der Waals surface area contributed by atoms with Crippen LogP contribution in [-0.4, -0.2) is 28.5 Å². The van der Waals surface area contributed by atoms with Crippen molar-refractivity contribution in [2.75, 3.05) is 18.5 Å². The van der Waals surface area contributed by atoms with E-state index in [1.54, 1.807) is 18.2 Å². The van der Waals surface area contributed by atoms with Crippen LogP contribution in [0.4, 0.5) is 5.69 Å². The quantitative estimate of drug-likeness (QED) is 0.727. The fourth-order valence-electron chi connectivity index (χ4n) is 2.86. The molecule has 3 aromatic rings. The Balaban J connectivity index is 1.92. The van der Waals surface area contributed by atoms with E-state index in [9.17, 15) is 4.79 Å². The van der Waals surface area contributed by atoms with Crippen LogP contribution in [-0.2, 0) is 0 Å². The van der Waals surface area contributed by atoms with E-state index in [2.05, 4.69) is 10.3 Å². The molecule has 0 bridgehead atoms. The first-order valence-electron chi connectivity index (χ1n) is 8.69. The summed E-state index contributed by atoms with van der Waals surface area (Å²) in [5.74, 6) is 1.05. The molecular weight excluding hydrogens is 330 g/mol. The van der Waals surface area contributed by atoms with Gasteiger partial charge in [-0.3, -0.25) is 9.20 Å². The minimum atomic E-state index is -0.216. The van der Waals surface area contributed by atoms with Crippen molar-refractivity contribution in [2.45, 2.75) is 27.7 Å². The zero-order valence-electron chi connectivity index (χ0n) is 15.5. The molecule has 1 amide bonds. The Labute approximate surface area is 152 Å². The maximum atomic E-state index is 12.9. The Morgan fingerprint density at radius 2 is 1.81 bits per heavy atom. The highest BCUT2D eigenvalue weighted by Crippen LogP contribution is 2.31. The number of aryl methyl sites for hydroxylation is 2. The standard InChI is InChI=1S/C20H23N3O3/c1-5-25-16-9-8-15(11-17(16)26-6-2)22-20(24)19-14(4)21-18-10-7-13(3)12-23(18)19/h7-12H,5-6H2,1-4H3,(H,22,24). The van der Waals surface area contributed by atoms with Crippen LogP contribution in [0, 0.1) is 13.8 Å². The average Bonchev–Trinajstić information content (AvgIpc) is 2.92. The van der Waals surface area contributed by atoms with Gasteiger partial charge in [-0.1, -0.05) is 6.07 Å². The highest BCUT2D eigenvalue weighted by molar-refractivity contribution is 6.04. The van der Waals surface area contributed by atoms with Crippen molar-refractivity contribution in [1.29, 1.82) is 0 Å². The molecule has 1 aromatic carbocycles. The molecule has 3 rings (SSSR count). The third kappa shape index (κ3) is 3.49. The number of hydrogen-bond acceptors (Lipinski definition) is 4. The molecule has 0 radical (unpaired) electrons. The molecule has 2 heterocycles. The second-order valence-corrected chi connectivity index (χ2v) is 5.96. The third-order valence-corrected chi connectivity index (χ3v) is 3.96. The number of amides is 1. The van der Waals surface area contributed by atoms with E-state index in [1.165, 1.54) is 0 Å². The van der Waals surface area contributed by atoms with Crippen molar-refractivity contribution in [1.82, 2.24) is 9.38 Å². The van der Waals surface area contributed by atoms with Gasteiger partial charge in [-0.2, -0.15) is 0 Å². The summed E-state index contributed by atoms with van der Waals surface area (Å²) in [6.45, 7) is 8.71. The molecule has 0 saturated heterocycles. The second kappa shape index (κ2) is 7.47. The monoisotopic (exact) mass is 353 g/mol. The van der Waals surface area contributed by atoms with Crippen molar-refractivity contribution >= 4 is 17.2 Å². The van der Waals surface area contributed by atoms with E-state index in [0.717, 1.165) is 11.2 Å². The van der Waals surface area contributed by atoms with Crippen LogP contribution in [0.3, 0.4) is 0 Å². The Morgan fingerprint density at radius 3 is 2.54 bits per heavy atom. The van der Waals surface area contributed by atoms with Crippen LogP contribution in [0.5, 0.6) is 11.5 Å². The van der Waals surface area contributed by atoms with Gasteiger partial charge in [0.2, 0.25) is 0 Å². The summed E-state index contributed by atoms with van der Waals surface area (Å²) in [5, 5.41) is 2.93. The predicted octanol–water partition coefficient (Wildman–Crippen LogP) is 4.00. The van der Waals surface area contributed by atoms with Gasteiger partial charge in [-0.25, -0.2) is 4.98 Å². The van der Waals surface area contributed by atoms with Gasteiger partial charge in [0, 0.05) is 18.0 Å². The molecule has 0 fully saturated rings. The topological polar surface area (TPSA) is 64.9 Å². The van der Waals surface area contributed by atoms with Crippen LogP contribution >= 0.6 is 0 Å². The molecule has 136 valence electrons. The Kier molecular flexibility index (Phi) is 5.11. The molecule has 0 aliphatic rings. The summed E-state index contributed by atoms with van der Waals surface area (Å²) in [5.41, 5.74) is 3.66. The number of ether oxygens (including phenoxy) is 2. The number of anilines is 1. The number of pyridine rings is 1. The van der Waals surface area contributed by atoms with E-state index in [0.29, 0.717) is 41.8 Å². The average molecular weight is 353 g/mol. The van der Waals surface area contributed by atoms with Crippen molar-refractivity contribution in [3.63, 3.8) is 0 Å². The highest BCUT2D eigenvalue weighted by Gasteiger charge is 2.17. The van der Waals surface area contributed by atoms with Crippen LogP contribution in [0.2, 0.25) is 0 Å². The molecule has 0 saturated carbocycles. The lowest BCUT2D eigenvalue weighted by atomic mass is 10.2. The summed E-state index contributed by atoms with van der Waals surface area (Å²) in [6, 6.07) is 9.26. The number of carbonyl (C=O) groups is 1. The predicted molar refractivity (Wildman–Crippen MR) is 101 cm³/mol. The van der Waals surface area contributed by atoms with E-state index in [-0.39, 0.29) is 5.91 Å². The molecule has 6 nitrogen and oxygen atoms in total. The van der Waals surface area contributed by atoms with E-state index < -0.39 is 0 Å². The van der Waals surface area contributed by atoms with Gasteiger partial charge in [-0.05, 0) is 51.5 Å². The normalized spacial score (nSPS) is 10.8. The number of nitrogens with zero attached hydrogens (tertiary/aromatic N) is 2. The number of carbonyl (C=O) groups excluding carboxylic acids is 1. The molecule has 0 unspecified atom stereocenters. The molecule has 0 atom stereocenters. The van der Waals surface area contributed by atoms with Crippen molar-refractivity contribution in [3.8, 4) is 11.5 Å². The highest BCUT2D eigenvalue weighted by atomic mass is 16.5. The fourth-order valence-corrected chi connectivity index (χ4v) is 2.86. The second-order valence-electron chi connectivity index (χ2n) is 5.96. The molecule has 26 heavy (non-hydrogen) atoms. The maximum absolute atomic E-state index is 12.9. The third-order valence-electron chi connectivity index (χ3n) is 3.96. The van der Waals surface area contributed by atoms with Gasteiger partial charge in [0.1, 0.15) is 11.3 Å². The van der Waals surface area contributed by atoms with Crippen LogP contribution in [0.25, 0.3) is 5.65 Å². The smallest absolute Gasteiger partial charge is 0.274 e. The largest absolute Gasteiger partial charge is 0.490 e. The van der Waals surface area contributed by atoms with E-state index in [4.69, 9.17) is 9.47 Å². The number of rotatable bonds is 6. The Morgan fingerprint density at radius 1 is 1.08 bits per heavy atom. The summed E-state index contributed by atoms with van der Waals surface area (Å²) < 4.78 is 13.0. The number of nitrogens with one attached hydrogen (secondary N) is 1. The lowest BCUT2D eigenvalue weighted by Gasteiger charge is -2.13. The fraction of sp³-hybridized carbons (Fsp3) is 0.300. The number of fused-ring (bicyclic) bond motifs is 1. The summed E-state index contributed by atoms with van der Waals surface area (Å²) >= 11 is 0. The minimum absolute atomic E-state index is 0.216. The first-order chi connectivity index (χ1) is 12.5. The molecule has 6 heteroatoms. The number of benzene rings is 1. The zero-order chi connectivity index (χ0) is 18.7. The number of aromatic nitrogens is 2. The molecule has 0 spiro atoms. The van der Waals surface area contributed by atoms with Gasteiger partial charge in [0.25, 0.3) is 5.91 Å². The molecule has 2 aromatic heterocycles. The zero-order valence-corrected chi connectivity index (χ0v) is 15.5. The summed E-state index contributed by atoms with van der Waals surface area (Å²) in [7, 11) is 0. The van der Waals surface area contributed by atoms with Crippen LogP contribution in [0.1, 0.15) is 35.6 Å². The summed E-state index contributed by atoms with van der Waals surface area (Å²) in [6.07, 6.45) is 1.91. The van der Waals surface area contributed by atoms with Crippen LogP contribution in [0.15, 0.2) is 36.5 Å². The Bertz CT molecular complexity index is 947. The first kappa shape index (κ1) is 17.8. The number of hydrogen-bond donors (Lipinski definition) is 1. The lowest BCUT2D eigenvalue weighted by Crippen LogP contribution is -2.16. The van der Waals surface area contributed by atoms with Gasteiger partial charge in [0.15, 0.2) is 11.5 Å². The lowest BCUT2D eigenvalue weighted by molar-refractivity contribution is 0.102. The van der Waals surface area contributed by atoms with E-state index in [1.807, 2.05) is 50.4 Å². The Hall–Kier alpha value is -3.02. The summed E-state index contributed by atoms with van der Waals surface area (Å²) in [4.78, 5) is 17.3. The van der Waals surface area contributed by atoms with E-state index >= 15 is 0 Å². The van der Waals surface area contributed by atoms with Gasteiger partial charge < -0.3 is 14.8 Å². The first-order valence-corrected chi connectivity index (χ1v) is 8.69. The van der Waals surface area contributed by atoms with Gasteiger partial charge in [0.05, 0.1) is 18.9 Å². The minimum Gasteiger partial charge on any atom is -0.490 e. The molecular formula is C20H23N3O3. The number of imidazole rings is 1. The van der Waals surface area contributed by atoms with Crippen molar-refractivity contribution < 1.29 is 14.3 Å². The van der Waals surface area contributed by atoms with Crippen molar-refractivity contribution in [3.05, 3.63) is 53.5 Å². The molecule has 1 N–H and O–H groups in total. The van der Waals surface area contributed by atoms with Crippen LogP contribution < -0.4 is 14.8 Å². The van der Waals surface area contributed by atoms with Gasteiger partial charge >= 0.3 is 0 Å². The van der Waals surface area contributed by atoms with Crippen molar-refractivity contribution in [2.24, 2.45) is 0 Å².